The quantitative estimate of drug-likeness (QED) is 0.0249. The van der Waals surface area contributed by atoms with Crippen LogP contribution in [0.4, 0.5) is 62.9 Å². The summed E-state index contributed by atoms with van der Waals surface area (Å²) in [6.45, 7) is 19.5. The molecule has 0 radical (unpaired) electrons. The van der Waals surface area contributed by atoms with Crippen molar-refractivity contribution in [2.75, 3.05) is 5.73 Å². The van der Waals surface area contributed by atoms with Crippen molar-refractivity contribution in [3.63, 3.8) is 0 Å². The highest BCUT2D eigenvalue weighted by Gasteiger charge is 2.52. The standard InChI is InChI=1S/C28H16F6N2O3S.C26H20FN3O3S.C19H23BFNO2.C15H5ClF5NO3S.C3H4N2O/c1-13-9-15(21-11-17(29)12-36-14(21)2)3-5-19(13)27-20-6-4-18(10-16(20)7-8-35-27)40(37,38)39-28-25(33)23(31)22(30)24(32)26(28)34;1-16-11-18(25-13-20(27)14-29-17(25)2)3-5-23(16)26-24-6-4-22(12-19(24)7-9-28-26)34(31,32)15-21-8-10-33-30-21;1-12-9-14(16-10-15(21)11-22-13(16)2)7-8-17(12)20-23-18(3,4)19(5,6)24-20;16-15-8-2-1-7(5-6(8)3-4-22-15)26(23,24)25-14-12(20)10(18)9(17)11(19)13(14)21;4-3-1-2-6-5-3/h3-12H,1-2H3;3-14H,15H2,1-2H3;7-11H,1-6H3;1-5H;1-2H,(H2,4,5). The molecule has 2 N–H and O–H groups in total. The maximum Gasteiger partial charge on any atom is 0.495 e. The Bertz CT molecular complexity index is 7420. The van der Waals surface area contributed by atoms with Gasteiger partial charge in [-0.05, 0) is 198 Å². The van der Waals surface area contributed by atoms with Crippen molar-refractivity contribution in [2.45, 2.75) is 101 Å². The molecule has 16 aromatic rings. The summed E-state index contributed by atoms with van der Waals surface area (Å²) in [5.41, 5.74) is 18.2. The van der Waals surface area contributed by atoms with Gasteiger partial charge in [0.05, 0.1) is 51.8 Å². The molecule has 0 unspecified atom stereocenters. The van der Waals surface area contributed by atoms with Gasteiger partial charge in [0.15, 0.2) is 15.7 Å². The van der Waals surface area contributed by atoms with Crippen molar-refractivity contribution in [1.82, 2.24) is 40.2 Å². The second kappa shape index (κ2) is 37.7. The molecule has 8 aromatic carbocycles. The van der Waals surface area contributed by atoms with Crippen LogP contribution >= 0.6 is 11.6 Å². The summed E-state index contributed by atoms with van der Waals surface area (Å²) in [4.78, 5) is 24.1. The third-order valence-electron chi connectivity index (χ3n) is 20.9. The third kappa shape index (κ3) is 20.0. The summed E-state index contributed by atoms with van der Waals surface area (Å²) < 4.78 is 282. The zero-order chi connectivity index (χ0) is 94.1. The van der Waals surface area contributed by atoms with Crippen LogP contribution in [0.2, 0.25) is 5.15 Å². The van der Waals surface area contributed by atoms with E-state index in [9.17, 15) is 82.3 Å². The number of benzene rings is 8. The monoisotopic (exact) mass is 1870 g/mol. The molecular formula is C91H68BClF13N9O12S3. The Balaban J connectivity index is 0.000000147. The van der Waals surface area contributed by atoms with Crippen molar-refractivity contribution in [2.24, 2.45) is 0 Å². The van der Waals surface area contributed by atoms with E-state index in [1.54, 1.807) is 55.6 Å². The van der Waals surface area contributed by atoms with Crippen molar-refractivity contribution in [3.8, 4) is 67.4 Å². The molecule has 130 heavy (non-hydrogen) atoms. The van der Waals surface area contributed by atoms with E-state index in [-0.39, 0.29) is 38.6 Å². The van der Waals surface area contributed by atoms with Crippen LogP contribution in [0.3, 0.4) is 0 Å². The number of hydrogen-bond acceptors (Lipinski definition) is 21. The van der Waals surface area contributed by atoms with Crippen LogP contribution in [0.15, 0.2) is 231 Å². The van der Waals surface area contributed by atoms with Gasteiger partial charge in [0.25, 0.3) is 0 Å². The largest absolute Gasteiger partial charge is 0.495 e. The molecule has 8 aromatic heterocycles. The lowest BCUT2D eigenvalue weighted by atomic mass is 9.75. The second-order valence-electron chi connectivity index (χ2n) is 30.2. The number of pyridine rings is 6. The molecule has 17 rings (SSSR count). The van der Waals surface area contributed by atoms with E-state index >= 15 is 0 Å². The van der Waals surface area contributed by atoms with Gasteiger partial charge in [0.2, 0.25) is 69.7 Å². The van der Waals surface area contributed by atoms with E-state index in [0.29, 0.717) is 55.6 Å². The molecule has 0 aliphatic carbocycles. The lowest BCUT2D eigenvalue weighted by Crippen LogP contribution is -2.41. The first-order chi connectivity index (χ1) is 61.3. The molecule has 0 spiro atoms. The van der Waals surface area contributed by atoms with E-state index in [0.717, 1.165) is 114 Å². The maximum absolute atomic E-state index is 14.0. The molecule has 21 nitrogen and oxygen atoms in total. The smallest absolute Gasteiger partial charge is 0.399 e. The van der Waals surface area contributed by atoms with Gasteiger partial charge in [0, 0.05) is 91.8 Å². The topological polar surface area (TPSA) is 295 Å². The maximum atomic E-state index is 14.0. The Kier molecular flexibility index (Phi) is 27.3. The van der Waals surface area contributed by atoms with Crippen LogP contribution in [-0.2, 0) is 45.1 Å². The van der Waals surface area contributed by atoms with Crippen molar-refractivity contribution < 1.29 is 109 Å². The minimum Gasteiger partial charge on any atom is -0.399 e. The third-order valence-corrected chi connectivity index (χ3v) is 25.3. The summed E-state index contributed by atoms with van der Waals surface area (Å²) in [6, 6.07) is 41.2. The van der Waals surface area contributed by atoms with Crippen LogP contribution in [0.25, 0.3) is 88.2 Å². The molecule has 0 bridgehead atoms. The highest BCUT2D eigenvalue weighted by Crippen LogP contribution is 2.42. The van der Waals surface area contributed by atoms with Crippen molar-refractivity contribution >= 4 is 92.4 Å². The Morgan fingerprint density at radius 3 is 1.12 bits per heavy atom. The number of aryl methyl sites for hydroxylation is 6. The van der Waals surface area contributed by atoms with E-state index in [2.05, 4.69) is 53.1 Å². The number of nitrogen functional groups attached to an aromatic ring is 1. The lowest BCUT2D eigenvalue weighted by molar-refractivity contribution is 0.00578. The average molecular weight is 1870 g/mol. The number of aromatic nitrogens is 8. The van der Waals surface area contributed by atoms with Crippen LogP contribution in [0.5, 0.6) is 11.5 Å². The number of hydrogen-bond donors (Lipinski definition) is 1. The molecule has 668 valence electrons. The van der Waals surface area contributed by atoms with Crippen LogP contribution in [0.1, 0.15) is 67.2 Å². The van der Waals surface area contributed by atoms with Crippen molar-refractivity contribution in [1.29, 1.82) is 0 Å². The van der Waals surface area contributed by atoms with E-state index < -0.39 is 122 Å². The van der Waals surface area contributed by atoms with Crippen LogP contribution in [-0.4, -0.2) is 83.8 Å². The number of nitrogens with zero attached hydrogens (tertiary/aromatic N) is 8. The van der Waals surface area contributed by atoms with Crippen molar-refractivity contribution in [3.05, 3.63) is 328 Å². The number of sulfone groups is 1. The van der Waals surface area contributed by atoms with E-state index in [1.807, 2.05) is 105 Å². The Hall–Kier alpha value is -13.5. The molecule has 0 atom stereocenters. The van der Waals surface area contributed by atoms with Gasteiger partial charge >= 0.3 is 27.4 Å². The first-order valence-electron chi connectivity index (χ1n) is 38.4. The number of rotatable bonds is 15. The molecule has 39 heteroatoms. The molecule has 0 saturated carbocycles. The minimum atomic E-state index is -5.02. The summed E-state index contributed by atoms with van der Waals surface area (Å²) in [5, 5.41) is 10.2. The Morgan fingerprint density at radius 1 is 0.385 bits per heavy atom. The molecule has 1 fully saturated rings. The fraction of sp³-hybridized carbons (Fsp3) is 0.143. The number of anilines is 1. The number of fused-ring (bicyclic) bond motifs is 3. The predicted octanol–water partition coefficient (Wildman–Crippen LogP) is 21.3. The Morgan fingerprint density at radius 2 is 0.746 bits per heavy atom. The summed E-state index contributed by atoms with van der Waals surface area (Å²) in [7, 11) is -13.9. The average Bonchev–Trinajstić information content (AvgIpc) is 1.21. The minimum absolute atomic E-state index is 0.0760. The molecule has 1 saturated heterocycles. The van der Waals surface area contributed by atoms with Gasteiger partial charge in [-0.3, -0.25) is 24.9 Å². The molecule has 0 amide bonds. The van der Waals surface area contributed by atoms with E-state index in [4.69, 9.17) is 31.2 Å². The Labute approximate surface area is 739 Å². The highest BCUT2D eigenvalue weighted by atomic mass is 35.5. The first-order valence-corrected chi connectivity index (χ1v) is 43.3. The predicted molar refractivity (Wildman–Crippen MR) is 458 cm³/mol. The van der Waals surface area contributed by atoms with Gasteiger partial charge in [-0.25, -0.2) is 52.9 Å². The van der Waals surface area contributed by atoms with Crippen LogP contribution < -0.4 is 19.6 Å². The molecular weight excluding hydrogens is 1800 g/mol. The second-order valence-corrected chi connectivity index (χ2v) is 35.6. The highest BCUT2D eigenvalue weighted by molar-refractivity contribution is 7.90. The first kappa shape index (κ1) is 94.1. The van der Waals surface area contributed by atoms with Crippen LogP contribution in [0, 0.1) is 117 Å². The number of halogens is 14. The number of nitrogens with two attached hydrogens (primary N) is 1. The fourth-order valence-electron chi connectivity index (χ4n) is 13.5. The van der Waals surface area contributed by atoms with Gasteiger partial charge in [-0.1, -0.05) is 94.2 Å². The molecule has 1 aliphatic heterocycles. The van der Waals surface area contributed by atoms with E-state index in [1.165, 1.54) is 85.8 Å². The van der Waals surface area contributed by atoms with Gasteiger partial charge in [-0.15, -0.1) is 0 Å². The summed E-state index contributed by atoms with van der Waals surface area (Å²) in [6.07, 6.45) is 10.7. The summed E-state index contributed by atoms with van der Waals surface area (Å²) >= 11 is 5.83. The SMILES string of the molecule is Cc1cc(-c2cc(F)cnc2C)ccc1-c1nccc2cc(S(=O)(=O)Cc3ccon3)ccc12.Cc1cc(-c2cc(F)cnc2C)ccc1-c1nccc2cc(S(=O)(=O)Oc3c(F)c(F)c(F)c(F)c3F)ccc12.Cc1cc(-c2cc(F)cnc2C)ccc1B1OC(C)(C)C(C)(C)O1.Nc1ccon1.O=S(=O)(Oc1c(F)c(F)c(F)c(F)c1F)c1ccc2c(Cl)nccc2c1. The van der Waals surface area contributed by atoms with Gasteiger partial charge < -0.3 is 32.5 Å². The zero-order valence-corrected chi connectivity index (χ0v) is 72.7. The summed E-state index contributed by atoms with van der Waals surface area (Å²) in [5.74, 6) is -28.7. The molecule has 1 aliphatic rings. The van der Waals surface area contributed by atoms with Gasteiger partial charge in [0.1, 0.15) is 50.7 Å². The molecule has 9 heterocycles. The van der Waals surface area contributed by atoms with Gasteiger partial charge in [-0.2, -0.15) is 34.4 Å². The fourth-order valence-corrected chi connectivity index (χ4v) is 16.9. The lowest BCUT2D eigenvalue weighted by Gasteiger charge is -2.32. The zero-order valence-electron chi connectivity index (χ0n) is 69.5. The normalized spacial score (nSPS) is 12.9.